The van der Waals surface area contributed by atoms with Crippen LogP contribution in [-0.4, -0.2) is 68.4 Å². The molecule has 0 saturated heterocycles. The second-order valence-corrected chi connectivity index (χ2v) is 11.0. The van der Waals surface area contributed by atoms with E-state index in [4.69, 9.17) is 0 Å². The summed E-state index contributed by atoms with van der Waals surface area (Å²) in [7, 11) is 3.23. The van der Waals surface area contributed by atoms with Crippen LogP contribution in [0, 0.1) is 25.7 Å². The molecule has 0 radical (unpaired) electrons. The van der Waals surface area contributed by atoms with Gasteiger partial charge in [0, 0.05) is 11.5 Å². The maximum Gasteiger partial charge on any atom is 0.202 e. The summed E-state index contributed by atoms with van der Waals surface area (Å²) in [6.45, 7) is 5.07. The molecule has 2 aromatic carbocycles. The first-order valence-corrected chi connectivity index (χ1v) is 12.6. The van der Waals surface area contributed by atoms with Crippen LogP contribution < -0.4 is 0 Å². The van der Waals surface area contributed by atoms with Gasteiger partial charge >= 0.3 is 0 Å². The van der Waals surface area contributed by atoms with E-state index in [1.807, 2.05) is 32.0 Å². The molecule has 3 aliphatic rings. The number of hydrogen-bond donors (Lipinski definition) is 4. The van der Waals surface area contributed by atoms with E-state index < -0.39 is 57.9 Å². The Hall–Kier alpha value is -3.75. The van der Waals surface area contributed by atoms with Gasteiger partial charge in [0.05, 0.1) is 11.6 Å². The molecule has 8 nitrogen and oxygen atoms in total. The molecule has 4 atom stereocenters. The van der Waals surface area contributed by atoms with E-state index in [2.05, 4.69) is 0 Å². The molecule has 0 bridgehead atoms. The molecule has 1 fully saturated rings. The van der Waals surface area contributed by atoms with Crippen molar-refractivity contribution in [3.63, 3.8) is 0 Å². The minimum atomic E-state index is -2.57. The first-order chi connectivity index (χ1) is 17.8. The standard InChI is InChI=1S/C30H31NO7/c1-13-6-7-17(14(2)10-13)18-8-9-21(33)24-19(18)11-16-12-20-25(31(4)5)27(35)22(15(3)32)28(36)30(20,38)29(37)23(16)26(24)34/h6-10,16,20,25,33-34,36,38H,11-12H2,1-5H3/t16-,20-,25-,30+/m0/s1. The zero-order chi connectivity index (χ0) is 27.8. The van der Waals surface area contributed by atoms with Crippen LogP contribution >= 0.6 is 0 Å². The largest absolute Gasteiger partial charge is 0.508 e. The molecule has 0 unspecified atom stereocenters. The average molecular weight is 518 g/mol. The van der Waals surface area contributed by atoms with Gasteiger partial charge < -0.3 is 20.4 Å². The molecule has 8 heteroatoms. The van der Waals surface area contributed by atoms with Crippen molar-refractivity contribution in [3.05, 3.63) is 69.5 Å². The van der Waals surface area contributed by atoms with Crippen molar-refractivity contribution < 1.29 is 34.8 Å². The Labute approximate surface area is 220 Å². The number of aliphatic hydroxyl groups is 3. The Bertz CT molecular complexity index is 1500. The quantitative estimate of drug-likeness (QED) is 0.455. The molecule has 0 heterocycles. The molecule has 2 aromatic rings. The number of benzene rings is 2. The van der Waals surface area contributed by atoms with E-state index in [0.717, 1.165) is 29.2 Å². The van der Waals surface area contributed by atoms with Crippen LogP contribution in [0.3, 0.4) is 0 Å². The molecule has 0 aromatic heterocycles. The smallest absolute Gasteiger partial charge is 0.202 e. The number of Topliss-reactive ketones (excluding diaryl/α,β-unsaturated/α-hetero) is 3. The van der Waals surface area contributed by atoms with E-state index in [0.29, 0.717) is 5.56 Å². The summed E-state index contributed by atoms with van der Waals surface area (Å²) in [6, 6.07) is 8.21. The predicted molar refractivity (Wildman–Crippen MR) is 141 cm³/mol. The van der Waals surface area contributed by atoms with Gasteiger partial charge in [-0.3, -0.25) is 19.3 Å². The van der Waals surface area contributed by atoms with Gasteiger partial charge in [-0.25, -0.2) is 0 Å². The lowest BCUT2D eigenvalue weighted by molar-refractivity contribution is -0.153. The van der Waals surface area contributed by atoms with Crippen LogP contribution in [0.5, 0.6) is 5.75 Å². The molecular weight excluding hydrogens is 486 g/mol. The van der Waals surface area contributed by atoms with Gasteiger partial charge in [0.1, 0.15) is 22.8 Å². The van der Waals surface area contributed by atoms with Crippen molar-refractivity contribution >= 4 is 23.1 Å². The molecule has 0 amide bonds. The summed E-state index contributed by atoms with van der Waals surface area (Å²) < 4.78 is 0. The fourth-order valence-electron chi connectivity index (χ4n) is 6.71. The van der Waals surface area contributed by atoms with Crippen molar-refractivity contribution in [1.82, 2.24) is 4.90 Å². The highest BCUT2D eigenvalue weighted by molar-refractivity contribution is 6.25. The topological polar surface area (TPSA) is 135 Å². The summed E-state index contributed by atoms with van der Waals surface area (Å²) in [6.07, 6.45) is 0.357. The number of phenols is 1. The number of fused-ring (bicyclic) bond motifs is 3. The third kappa shape index (κ3) is 3.40. The molecule has 5 rings (SSSR count). The molecule has 4 N–H and O–H groups in total. The van der Waals surface area contributed by atoms with Gasteiger partial charge in [-0.2, -0.15) is 0 Å². The minimum absolute atomic E-state index is 0.0902. The van der Waals surface area contributed by atoms with E-state index in [-0.39, 0.29) is 29.7 Å². The predicted octanol–water partition coefficient (Wildman–Crippen LogP) is 3.35. The van der Waals surface area contributed by atoms with Crippen molar-refractivity contribution in [2.45, 2.75) is 45.3 Å². The Morgan fingerprint density at radius 1 is 1.03 bits per heavy atom. The number of nitrogens with zero attached hydrogens (tertiary/aromatic N) is 1. The van der Waals surface area contributed by atoms with E-state index >= 15 is 0 Å². The Balaban J connectivity index is 1.75. The maximum absolute atomic E-state index is 14.0. The van der Waals surface area contributed by atoms with Crippen LogP contribution in [0.15, 0.2) is 47.2 Å². The zero-order valence-electron chi connectivity index (χ0n) is 22.0. The van der Waals surface area contributed by atoms with Gasteiger partial charge in [-0.1, -0.05) is 29.8 Å². The van der Waals surface area contributed by atoms with Crippen LogP contribution in [-0.2, 0) is 20.8 Å². The van der Waals surface area contributed by atoms with Gasteiger partial charge in [0.25, 0.3) is 0 Å². The number of rotatable bonds is 3. The number of likely N-dealkylation sites (N-methyl/N-ethyl adjacent to an activating group) is 1. The van der Waals surface area contributed by atoms with Crippen molar-refractivity contribution in [1.29, 1.82) is 0 Å². The van der Waals surface area contributed by atoms with Gasteiger partial charge in [0.15, 0.2) is 17.2 Å². The lowest BCUT2D eigenvalue weighted by Crippen LogP contribution is -2.65. The van der Waals surface area contributed by atoms with Crippen molar-refractivity contribution in [2.24, 2.45) is 11.8 Å². The molecule has 0 aliphatic heterocycles. The molecule has 0 spiro atoms. The molecular formula is C30H31NO7. The van der Waals surface area contributed by atoms with Gasteiger partial charge in [0.2, 0.25) is 5.78 Å². The number of carbonyl (C=O) groups excluding carboxylic acids is 3. The van der Waals surface area contributed by atoms with Crippen LogP contribution in [0.25, 0.3) is 16.9 Å². The summed E-state index contributed by atoms with van der Waals surface area (Å²) in [4.78, 5) is 41.1. The summed E-state index contributed by atoms with van der Waals surface area (Å²) in [5.74, 6) is -5.66. The minimum Gasteiger partial charge on any atom is -0.508 e. The monoisotopic (exact) mass is 517 g/mol. The fourth-order valence-corrected chi connectivity index (χ4v) is 6.71. The van der Waals surface area contributed by atoms with Crippen molar-refractivity contribution in [3.8, 4) is 16.9 Å². The maximum atomic E-state index is 14.0. The van der Waals surface area contributed by atoms with Crippen LogP contribution in [0.2, 0.25) is 0 Å². The highest BCUT2D eigenvalue weighted by Gasteiger charge is 2.64. The number of aromatic hydroxyl groups is 1. The Morgan fingerprint density at radius 2 is 1.68 bits per heavy atom. The highest BCUT2D eigenvalue weighted by Crippen LogP contribution is 2.53. The fraction of sp³-hybridized carbons (Fsp3) is 0.367. The number of hydrogen-bond acceptors (Lipinski definition) is 8. The lowest BCUT2D eigenvalue weighted by Gasteiger charge is -2.50. The second kappa shape index (κ2) is 8.64. The van der Waals surface area contributed by atoms with E-state index in [1.54, 1.807) is 25.1 Å². The Morgan fingerprint density at radius 3 is 2.29 bits per heavy atom. The van der Waals surface area contributed by atoms with Gasteiger partial charge in [-0.15, -0.1) is 0 Å². The molecule has 1 saturated carbocycles. The number of carbonyl (C=O) groups is 3. The molecule has 38 heavy (non-hydrogen) atoms. The van der Waals surface area contributed by atoms with Crippen LogP contribution in [0.4, 0.5) is 0 Å². The van der Waals surface area contributed by atoms with E-state index in [9.17, 15) is 34.8 Å². The lowest BCUT2D eigenvalue weighted by atomic mass is 9.57. The summed E-state index contributed by atoms with van der Waals surface area (Å²) >= 11 is 0. The second-order valence-electron chi connectivity index (χ2n) is 11.0. The first-order valence-electron chi connectivity index (χ1n) is 12.6. The third-order valence-corrected chi connectivity index (χ3v) is 8.38. The van der Waals surface area contributed by atoms with Crippen LogP contribution in [0.1, 0.15) is 35.6 Å². The average Bonchev–Trinajstić information content (AvgIpc) is 2.81. The number of ketones is 3. The first kappa shape index (κ1) is 25.9. The number of aryl methyl sites for hydroxylation is 2. The molecule has 3 aliphatic carbocycles. The zero-order valence-corrected chi connectivity index (χ0v) is 22.0. The number of aliphatic hydroxyl groups excluding tert-OH is 2. The van der Waals surface area contributed by atoms with Crippen molar-refractivity contribution in [2.75, 3.05) is 14.1 Å². The Kier molecular flexibility index (Phi) is 5.89. The SMILES string of the molecule is CC(=O)C1=C(O)[C@@]2(O)C(=O)C3=C(O)c4c(O)ccc(-c5ccc(C)cc5C)c4C[C@H]3C[C@H]2[C@H](N(C)C)C1=O. The van der Waals surface area contributed by atoms with E-state index in [1.165, 1.54) is 6.07 Å². The highest BCUT2D eigenvalue weighted by atomic mass is 16.3. The third-order valence-electron chi connectivity index (χ3n) is 8.38. The number of phenolic OH excluding ortho intramolecular Hbond substituents is 1. The molecule has 198 valence electrons. The normalized spacial score (nSPS) is 26.9. The van der Waals surface area contributed by atoms with Gasteiger partial charge in [-0.05, 0) is 81.9 Å². The summed E-state index contributed by atoms with van der Waals surface area (Å²) in [5, 5.41) is 45.0. The summed E-state index contributed by atoms with van der Waals surface area (Å²) in [5.41, 5.74) is 1.31.